The quantitative estimate of drug-likeness (QED) is 0.734. The first-order chi connectivity index (χ1) is 12.4. The Morgan fingerprint density at radius 1 is 1.31 bits per heavy atom. The van der Waals surface area contributed by atoms with Crippen molar-refractivity contribution in [1.29, 1.82) is 0 Å². The van der Waals surface area contributed by atoms with E-state index in [9.17, 15) is 13.2 Å². The molecule has 1 amide bonds. The van der Waals surface area contributed by atoms with E-state index in [1.807, 2.05) is 28.8 Å². The molecule has 1 aliphatic rings. The van der Waals surface area contributed by atoms with E-state index in [1.54, 1.807) is 6.33 Å². The SMILES string of the molecule is CC(=O)Nc1ncc(S(=O)(=O)N2CC[C@@H](n3cnc4ccccc43)C2)s1. The number of nitrogens with zero attached hydrogens (tertiary/aromatic N) is 4. The van der Waals surface area contributed by atoms with Crippen LogP contribution in [0.25, 0.3) is 11.0 Å². The highest BCUT2D eigenvalue weighted by Crippen LogP contribution is 2.32. The van der Waals surface area contributed by atoms with Crippen LogP contribution in [0.3, 0.4) is 0 Å². The summed E-state index contributed by atoms with van der Waals surface area (Å²) in [7, 11) is -3.63. The van der Waals surface area contributed by atoms with E-state index in [-0.39, 0.29) is 21.3 Å². The van der Waals surface area contributed by atoms with Crippen molar-refractivity contribution in [2.24, 2.45) is 0 Å². The average molecular weight is 391 g/mol. The van der Waals surface area contributed by atoms with Crippen LogP contribution < -0.4 is 5.32 Å². The minimum Gasteiger partial charge on any atom is -0.326 e. The van der Waals surface area contributed by atoms with Crippen molar-refractivity contribution in [2.45, 2.75) is 23.6 Å². The summed E-state index contributed by atoms with van der Waals surface area (Å²) in [6.07, 6.45) is 3.79. The number of amides is 1. The molecule has 2 aromatic heterocycles. The number of thiazole rings is 1. The van der Waals surface area contributed by atoms with Gasteiger partial charge in [0.15, 0.2) is 9.34 Å². The van der Waals surface area contributed by atoms with Gasteiger partial charge < -0.3 is 9.88 Å². The van der Waals surface area contributed by atoms with Gasteiger partial charge >= 0.3 is 0 Å². The first-order valence-corrected chi connectivity index (χ1v) is 10.4. The number of hydrogen-bond donors (Lipinski definition) is 1. The molecule has 3 aromatic rings. The van der Waals surface area contributed by atoms with Crippen LogP contribution in [0.4, 0.5) is 5.13 Å². The third-order valence-electron chi connectivity index (χ3n) is 4.36. The maximum absolute atomic E-state index is 12.9. The number of carbonyl (C=O) groups is 1. The van der Waals surface area contributed by atoms with Crippen molar-refractivity contribution in [2.75, 3.05) is 18.4 Å². The second-order valence-corrected chi connectivity index (χ2v) is 9.31. The fourth-order valence-electron chi connectivity index (χ4n) is 3.14. The van der Waals surface area contributed by atoms with Crippen LogP contribution in [-0.4, -0.2) is 46.3 Å². The summed E-state index contributed by atoms with van der Waals surface area (Å²) >= 11 is 0.964. The number of benzene rings is 1. The summed E-state index contributed by atoms with van der Waals surface area (Å²) < 4.78 is 29.4. The van der Waals surface area contributed by atoms with Crippen molar-refractivity contribution < 1.29 is 13.2 Å². The Balaban J connectivity index is 1.56. The lowest BCUT2D eigenvalue weighted by molar-refractivity contribution is -0.114. The van der Waals surface area contributed by atoms with Gasteiger partial charge in [0.2, 0.25) is 5.91 Å². The smallest absolute Gasteiger partial charge is 0.254 e. The molecule has 0 radical (unpaired) electrons. The zero-order valence-corrected chi connectivity index (χ0v) is 15.6. The molecule has 26 heavy (non-hydrogen) atoms. The van der Waals surface area contributed by atoms with E-state index < -0.39 is 10.0 Å². The van der Waals surface area contributed by atoms with E-state index in [0.717, 1.165) is 28.8 Å². The lowest BCUT2D eigenvalue weighted by Crippen LogP contribution is -2.28. The number of aromatic nitrogens is 3. The summed E-state index contributed by atoms with van der Waals surface area (Å²) in [5, 5.41) is 2.80. The summed E-state index contributed by atoms with van der Waals surface area (Å²) in [5.74, 6) is -0.281. The number of rotatable bonds is 4. The summed E-state index contributed by atoms with van der Waals surface area (Å²) in [6, 6.07) is 7.85. The molecule has 0 aliphatic carbocycles. The Morgan fingerprint density at radius 2 is 2.12 bits per heavy atom. The van der Waals surface area contributed by atoms with Gasteiger partial charge in [-0.05, 0) is 18.6 Å². The topological polar surface area (TPSA) is 97.2 Å². The Morgan fingerprint density at radius 3 is 2.92 bits per heavy atom. The molecule has 1 atom stereocenters. The highest BCUT2D eigenvalue weighted by atomic mass is 32.2. The Labute approximate surface area is 154 Å². The molecule has 1 aliphatic heterocycles. The number of sulfonamides is 1. The number of nitrogens with one attached hydrogen (secondary N) is 1. The average Bonchev–Trinajstić information content (AvgIpc) is 3.33. The van der Waals surface area contributed by atoms with Crippen molar-refractivity contribution >= 4 is 43.4 Å². The van der Waals surface area contributed by atoms with Crippen LogP contribution in [0.5, 0.6) is 0 Å². The van der Waals surface area contributed by atoms with Gasteiger partial charge in [0.1, 0.15) is 0 Å². The molecule has 1 fully saturated rings. The van der Waals surface area contributed by atoms with Gasteiger partial charge in [-0.2, -0.15) is 4.31 Å². The molecule has 0 saturated carbocycles. The number of para-hydroxylation sites is 2. The second kappa shape index (κ2) is 6.45. The third kappa shape index (κ3) is 3.00. The zero-order chi connectivity index (χ0) is 18.3. The van der Waals surface area contributed by atoms with Gasteiger partial charge in [0, 0.05) is 20.0 Å². The summed E-state index contributed by atoms with van der Waals surface area (Å²) in [4.78, 5) is 19.5. The Bertz CT molecular complexity index is 1070. The van der Waals surface area contributed by atoms with E-state index in [1.165, 1.54) is 17.4 Å². The first-order valence-electron chi connectivity index (χ1n) is 8.10. The fraction of sp³-hybridized carbons (Fsp3) is 0.312. The van der Waals surface area contributed by atoms with Gasteiger partial charge in [-0.25, -0.2) is 18.4 Å². The van der Waals surface area contributed by atoms with Crippen LogP contribution >= 0.6 is 11.3 Å². The molecule has 1 N–H and O–H groups in total. The molecule has 8 nitrogen and oxygen atoms in total. The van der Waals surface area contributed by atoms with Crippen LogP contribution in [0.15, 0.2) is 41.0 Å². The molecule has 3 heterocycles. The van der Waals surface area contributed by atoms with Crippen LogP contribution in [0, 0.1) is 0 Å². The Hall–Kier alpha value is -2.30. The summed E-state index contributed by atoms with van der Waals surface area (Å²) in [5.41, 5.74) is 1.90. The minimum absolute atomic E-state index is 0.0416. The Kier molecular flexibility index (Phi) is 4.25. The molecule has 0 spiro atoms. The minimum atomic E-state index is -3.63. The molecule has 10 heteroatoms. The molecule has 0 unspecified atom stereocenters. The van der Waals surface area contributed by atoms with Crippen LogP contribution in [0.1, 0.15) is 19.4 Å². The molecule has 1 aromatic carbocycles. The van der Waals surface area contributed by atoms with E-state index in [4.69, 9.17) is 0 Å². The summed E-state index contributed by atoms with van der Waals surface area (Å²) in [6.45, 7) is 2.18. The molecular formula is C16H17N5O3S2. The van der Waals surface area contributed by atoms with Crippen molar-refractivity contribution in [1.82, 2.24) is 18.8 Å². The second-order valence-electron chi connectivity index (χ2n) is 6.11. The fourth-order valence-corrected chi connectivity index (χ4v) is 5.86. The number of fused-ring (bicyclic) bond motifs is 1. The number of hydrogen-bond acceptors (Lipinski definition) is 6. The van der Waals surface area contributed by atoms with Crippen LogP contribution in [-0.2, 0) is 14.8 Å². The zero-order valence-electron chi connectivity index (χ0n) is 14.0. The van der Waals surface area contributed by atoms with Crippen LogP contribution in [0.2, 0.25) is 0 Å². The molecule has 0 bridgehead atoms. The van der Waals surface area contributed by atoms with Gasteiger partial charge in [0.05, 0.1) is 29.6 Å². The molecule has 136 valence electrons. The third-order valence-corrected chi connectivity index (χ3v) is 7.58. The highest BCUT2D eigenvalue weighted by molar-refractivity contribution is 7.91. The van der Waals surface area contributed by atoms with Gasteiger partial charge in [-0.3, -0.25) is 4.79 Å². The lowest BCUT2D eigenvalue weighted by atomic mass is 10.2. The normalized spacial score (nSPS) is 18.4. The number of carbonyl (C=O) groups excluding carboxylic acids is 1. The van der Waals surface area contributed by atoms with Gasteiger partial charge in [0.25, 0.3) is 10.0 Å². The van der Waals surface area contributed by atoms with Crippen molar-refractivity contribution in [3.63, 3.8) is 0 Å². The number of anilines is 1. The maximum atomic E-state index is 12.9. The van der Waals surface area contributed by atoms with Crippen molar-refractivity contribution in [3.8, 4) is 0 Å². The molecule has 1 saturated heterocycles. The van der Waals surface area contributed by atoms with E-state index >= 15 is 0 Å². The van der Waals surface area contributed by atoms with Gasteiger partial charge in [-0.1, -0.05) is 23.5 Å². The predicted octanol–water partition coefficient (Wildman–Crippen LogP) is 2.09. The first kappa shape index (κ1) is 17.1. The molecule has 4 rings (SSSR count). The van der Waals surface area contributed by atoms with E-state index in [0.29, 0.717) is 13.1 Å². The van der Waals surface area contributed by atoms with Gasteiger partial charge in [-0.15, -0.1) is 0 Å². The molecular weight excluding hydrogens is 374 g/mol. The predicted molar refractivity (Wildman–Crippen MR) is 98.6 cm³/mol. The largest absolute Gasteiger partial charge is 0.326 e. The number of imidazole rings is 1. The van der Waals surface area contributed by atoms with Crippen molar-refractivity contribution in [3.05, 3.63) is 36.8 Å². The van der Waals surface area contributed by atoms with E-state index in [2.05, 4.69) is 15.3 Å². The lowest BCUT2D eigenvalue weighted by Gasteiger charge is -2.16. The highest BCUT2D eigenvalue weighted by Gasteiger charge is 2.35. The maximum Gasteiger partial charge on any atom is 0.254 e. The monoisotopic (exact) mass is 391 g/mol. The standard InChI is InChI=1S/C16H17N5O3S2/c1-11(22)19-16-17-8-15(25-16)26(23,24)20-7-6-12(9-20)21-10-18-13-4-2-3-5-14(13)21/h2-5,8,10,12H,6-7,9H2,1H3,(H,17,19,22)/t12-/m1/s1.